The predicted octanol–water partition coefficient (Wildman–Crippen LogP) is 15.8. The van der Waals surface area contributed by atoms with E-state index in [4.69, 9.17) is 4.42 Å². The molecule has 0 saturated heterocycles. The molecule has 0 bridgehead atoms. The number of nitrogens with zero attached hydrogens (tertiary/aromatic N) is 2. The standard InChI is InChI=1S/C57H40N2O/c1-57(2)48-26-14-11-22-42(48)43-31-29-40(36-49(43)57)58(39-30-32-51-47(35-39)44-23-12-15-27-50(44)59(51)38-19-7-4-8-20-38)52-33-34-54-56(46-25-13-16-28-53(46)60-54)55(52)45-24-10-9-21-41(45)37-17-5-3-6-18-37/h3-36H,1-2H3. The zero-order valence-electron chi connectivity index (χ0n) is 33.4. The van der Waals surface area contributed by atoms with E-state index in [9.17, 15) is 0 Å². The third kappa shape index (κ3) is 5.09. The van der Waals surface area contributed by atoms with Gasteiger partial charge in [-0.25, -0.2) is 0 Å². The molecule has 0 spiro atoms. The number of hydrogen-bond donors (Lipinski definition) is 0. The number of aromatic nitrogens is 1. The Hall–Kier alpha value is -7.62. The highest BCUT2D eigenvalue weighted by Gasteiger charge is 2.36. The lowest BCUT2D eigenvalue weighted by Gasteiger charge is -2.30. The van der Waals surface area contributed by atoms with E-state index in [0.717, 1.165) is 55.8 Å². The molecule has 3 heteroatoms. The van der Waals surface area contributed by atoms with E-state index in [1.165, 1.54) is 55.2 Å². The molecule has 0 atom stereocenters. The minimum Gasteiger partial charge on any atom is -0.456 e. The van der Waals surface area contributed by atoms with E-state index in [-0.39, 0.29) is 5.41 Å². The van der Waals surface area contributed by atoms with Gasteiger partial charge in [0.05, 0.1) is 16.7 Å². The molecule has 0 aliphatic heterocycles. The average Bonchev–Trinajstić information content (AvgIpc) is 3.92. The Labute approximate surface area is 349 Å². The zero-order valence-corrected chi connectivity index (χ0v) is 33.4. The number of anilines is 3. The van der Waals surface area contributed by atoms with Crippen LogP contribution in [0.5, 0.6) is 0 Å². The fourth-order valence-electron chi connectivity index (χ4n) is 10.0. The van der Waals surface area contributed by atoms with Crippen LogP contribution in [0.25, 0.3) is 82.8 Å². The number of fused-ring (bicyclic) bond motifs is 9. The third-order valence-electron chi connectivity index (χ3n) is 12.8. The summed E-state index contributed by atoms with van der Waals surface area (Å²) in [6.07, 6.45) is 0. The Kier molecular flexibility index (Phi) is 7.58. The van der Waals surface area contributed by atoms with Gasteiger partial charge in [0.2, 0.25) is 0 Å². The zero-order chi connectivity index (χ0) is 40.0. The van der Waals surface area contributed by atoms with Gasteiger partial charge in [-0.15, -0.1) is 0 Å². The van der Waals surface area contributed by atoms with E-state index < -0.39 is 0 Å². The first-order valence-electron chi connectivity index (χ1n) is 20.8. The smallest absolute Gasteiger partial charge is 0.136 e. The Morgan fingerprint density at radius 2 is 1.05 bits per heavy atom. The molecule has 1 aliphatic rings. The minimum atomic E-state index is -0.172. The molecule has 0 radical (unpaired) electrons. The summed E-state index contributed by atoms with van der Waals surface area (Å²) in [5, 5.41) is 4.62. The van der Waals surface area contributed by atoms with Crippen LogP contribution in [-0.4, -0.2) is 4.57 Å². The first-order valence-corrected chi connectivity index (χ1v) is 20.8. The second-order valence-electron chi connectivity index (χ2n) is 16.5. The summed E-state index contributed by atoms with van der Waals surface area (Å²) in [5.74, 6) is 0. The highest BCUT2D eigenvalue weighted by molar-refractivity contribution is 6.18. The number of hydrogen-bond acceptors (Lipinski definition) is 2. The van der Waals surface area contributed by atoms with Crippen molar-refractivity contribution in [2.75, 3.05) is 4.90 Å². The third-order valence-corrected chi connectivity index (χ3v) is 12.8. The van der Waals surface area contributed by atoms with E-state index in [0.29, 0.717) is 0 Å². The van der Waals surface area contributed by atoms with Gasteiger partial charge in [-0.1, -0.05) is 153 Å². The monoisotopic (exact) mass is 768 g/mol. The molecular weight excluding hydrogens is 729 g/mol. The van der Waals surface area contributed by atoms with Gasteiger partial charge in [-0.2, -0.15) is 0 Å². The predicted molar refractivity (Wildman–Crippen MR) is 251 cm³/mol. The number of para-hydroxylation sites is 3. The van der Waals surface area contributed by atoms with Crippen LogP contribution in [0, 0.1) is 0 Å². The quantitative estimate of drug-likeness (QED) is 0.168. The van der Waals surface area contributed by atoms with Crippen molar-refractivity contribution in [3.63, 3.8) is 0 Å². The lowest BCUT2D eigenvalue weighted by molar-refractivity contribution is 0.660. The summed E-state index contributed by atoms with van der Waals surface area (Å²) in [6.45, 7) is 4.73. The summed E-state index contributed by atoms with van der Waals surface area (Å²) in [7, 11) is 0. The van der Waals surface area contributed by atoms with Crippen LogP contribution in [-0.2, 0) is 5.41 Å². The topological polar surface area (TPSA) is 21.3 Å². The summed E-state index contributed by atoms with van der Waals surface area (Å²) in [6, 6.07) is 74.9. The van der Waals surface area contributed by atoms with Crippen LogP contribution < -0.4 is 4.90 Å². The first-order chi connectivity index (χ1) is 29.5. The van der Waals surface area contributed by atoms with Crippen LogP contribution in [0.15, 0.2) is 211 Å². The van der Waals surface area contributed by atoms with Crippen molar-refractivity contribution in [3.8, 4) is 39.1 Å². The molecule has 11 aromatic rings. The van der Waals surface area contributed by atoms with E-state index >= 15 is 0 Å². The van der Waals surface area contributed by atoms with Gasteiger partial charge in [0.1, 0.15) is 11.2 Å². The second kappa shape index (κ2) is 13.2. The normalized spacial score (nSPS) is 13.0. The highest BCUT2D eigenvalue weighted by atomic mass is 16.3. The number of furan rings is 1. The Morgan fingerprint density at radius 1 is 0.433 bits per heavy atom. The van der Waals surface area contributed by atoms with Crippen molar-refractivity contribution in [1.29, 1.82) is 0 Å². The van der Waals surface area contributed by atoms with Crippen molar-refractivity contribution in [2.45, 2.75) is 19.3 Å². The maximum atomic E-state index is 6.66. The lowest BCUT2D eigenvalue weighted by Crippen LogP contribution is -2.17. The molecule has 2 heterocycles. The molecule has 60 heavy (non-hydrogen) atoms. The van der Waals surface area contributed by atoms with Crippen molar-refractivity contribution >= 4 is 60.8 Å². The molecular formula is C57H40N2O. The Morgan fingerprint density at radius 3 is 1.88 bits per heavy atom. The minimum absolute atomic E-state index is 0.172. The van der Waals surface area contributed by atoms with E-state index in [1.54, 1.807) is 0 Å². The van der Waals surface area contributed by atoms with Crippen molar-refractivity contribution in [3.05, 3.63) is 217 Å². The van der Waals surface area contributed by atoms with Crippen LogP contribution in [0.1, 0.15) is 25.0 Å². The summed E-state index contributed by atoms with van der Waals surface area (Å²) in [4.78, 5) is 2.49. The molecule has 284 valence electrons. The summed E-state index contributed by atoms with van der Waals surface area (Å²) >= 11 is 0. The molecule has 2 aromatic heterocycles. The van der Waals surface area contributed by atoms with Crippen LogP contribution in [0.4, 0.5) is 17.1 Å². The highest BCUT2D eigenvalue weighted by Crippen LogP contribution is 2.53. The summed E-state index contributed by atoms with van der Waals surface area (Å²) in [5.41, 5.74) is 18.3. The lowest BCUT2D eigenvalue weighted by atomic mass is 9.82. The SMILES string of the molecule is CC1(C)c2ccccc2-c2ccc(N(c3ccc4c(c3)c3ccccc3n4-c3ccccc3)c3ccc4oc5ccccc5c4c3-c3ccccc3-c3ccccc3)cc21. The fourth-order valence-corrected chi connectivity index (χ4v) is 10.0. The molecule has 9 aromatic carbocycles. The van der Waals surface area contributed by atoms with Gasteiger partial charge in [0.25, 0.3) is 0 Å². The maximum Gasteiger partial charge on any atom is 0.136 e. The first kappa shape index (κ1) is 34.4. The maximum absolute atomic E-state index is 6.66. The van der Waals surface area contributed by atoms with Gasteiger partial charge in [0, 0.05) is 49.6 Å². The number of benzene rings is 9. The Balaban J connectivity index is 1.19. The fraction of sp³-hybridized carbons (Fsp3) is 0.0526. The van der Waals surface area contributed by atoms with Crippen LogP contribution in [0.3, 0.4) is 0 Å². The number of rotatable bonds is 6. The van der Waals surface area contributed by atoms with Gasteiger partial charge in [0.15, 0.2) is 0 Å². The van der Waals surface area contributed by atoms with Gasteiger partial charge in [-0.3, -0.25) is 0 Å². The van der Waals surface area contributed by atoms with Gasteiger partial charge < -0.3 is 13.9 Å². The molecule has 0 fully saturated rings. The largest absolute Gasteiger partial charge is 0.456 e. The van der Waals surface area contributed by atoms with Gasteiger partial charge in [-0.05, 0) is 106 Å². The molecule has 3 nitrogen and oxygen atoms in total. The van der Waals surface area contributed by atoms with E-state index in [2.05, 4.69) is 230 Å². The van der Waals surface area contributed by atoms with E-state index in [1.807, 2.05) is 0 Å². The molecule has 0 amide bonds. The van der Waals surface area contributed by atoms with Crippen molar-refractivity contribution in [2.24, 2.45) is 0 Å². The van der Waals surface area contributed by atoms with Crippen LogP contribution >= 0.6 is 0 Å². The van der Waals surface area contributed by atoms with Crippen LogP contribution in [0.2, 0.25) is 0 Å². The summed E-state index contributed by atoms with van der Waals surface area (Å²) < 4.78 is 9.05. The van der Waals surface area contributed by atoms with Crippen molar-refractivity contribution in [1.82, 2.24) is 4.57 Å². The molecule has 12 rings (SSSR count). The Bertz CT molecular complexity index is 3460. The molecule has 0 N–H and O–H groups in total. The van der Waals surface area contributed by atoms with Gasteiger partial charge >= 0.3 is 0 Å². The second-order valence-corrected chi connectivity index (χ2v) is 16.5. The molecule has 1 aliphatic carbocycles. The average molecular weight is 769 g/mol. The van der Waals surface area contributed by atoms with Crippen molar-refractivity contribution < 1.29 is 4.42 Å². The molecule has 0 saturated carbocycles. The molecule has 0 unspecified atom stereocenters.